The number of nitro benzene ring substituents is 1. The third kappa shape index (κ3) is 5.60. The van der Waals surface area contributed by atoms with E-state index in [2.05, 4.69) is 50.4 Å². The number of non-ortho nitro benzene ring substituents is 1. The number of benzene rings is 2. The van der Waals surface area contributed by atoms with E-state index < -0.39 is 4.92 Å². The van der Waals surface area contributed by atoms with Crippen molar-refractivity contribution in [3.05, 3.63) is 69.8 Å². The Labute approximate surface area is 176 Å². The highest BCUT2D eigenvalue weighted by molar-refractivity contribution is 8.00. The highest BCUT2D eigenvalue weighted by Gasteiger charge is 2.28. The molecule has 0 bridgehead atoms. The molecule has 2 aromatic rings. The minimum atomic E-state index is -0.458. The van der Waals surface area contributed by atoms with Gasteiger partial charge in [0.15, 0.2) is 0 Å². The maximum Gasteiger partial charge on any atom is 0.269 e. The van der Waals surface area contributed by atoms with E-state index in [1.165, 1.54) is 41.1 Å². The van der Waals surface area contributed by atoms with Crippen LogP contribution >= 0.6 is 11.8 Å². The summed E-state index contributed by atoms with van der Waals surface area (Å²) < 4.78 is 0. The number of amides is 1. The fraction of sp³-hybridized carbons (Fsp3) is 0.435. The number of carbonyl (C=O) groups excluding carboxylic acids is 1. The number of nitro groups is 1. The molecule has 0 spiro atoms. The molecular weight excluding hydrogens is 384 g/mol. The Bertz CT molecular complexity index is 857. The lowest BCUT2D eigenvalue weighted by atomic mass is 9.87. The standard InChI is InChI=1S/C23H28N2O3S/c1-23(2,3)17-10-14-19(15-11-17)29-21-7-5-4-6-20(21)24-22(26)16-8-12-18(13-9-16)25(27)28/h8-15,20-21H,4-7H2,1-3H3,(H,24,26). The van der Waals surface area contributed by atoms with Crippen molar-refractivity contribution >= 4 is 23.4 Å². The fourth-order valence-corrected chi connectivity index (χ4v) is 4.89. The Morgan fingerprint density at radius 3 is 2.24 bits per heavy atom. The van der Waals surface area contributed by atoms with E-state index in [-0.39, 0.29) is 23.1 Å². The van der Waals surface area contributed by atoms with Crippen molar-refractivity contribution in [2.75, 3.05) is 0 Å². The number of hydrogen-bond donors (Lipinski definition) is 1. The van der Waals surface area contributed by atoms with Crippen molar-refractivity contribution in [3.8, 4) is 0 Å². The second-order valence-corrected chi connectivity index (χ2v) is 9.91. The van der Waals surface area contributed by atoms with E-state index in [4.69, 9.17) is 0 Å². The van der Waals surface area contributed by atoms with Crippen LogP contribution in [0.5, 0.6) is 0 Å². The molecule has 6 heteroatoms. The first-order chi connectivity index (χ1) is 13.7. The molecule has 1 aliphatic carbocycles. The summed E-state index contributed by atoms with van der Waals surface area (Å²) in [7, 11) is 0. The van der Waals surface area contributed by atoms with Crippen molar-refractivity contribution in [2.24, 2.45) is 0 Å². The molecule has 2 aromatic carbocycles. The molecule has 1 fully saturated rings. The zero-order chi connectivity index (χ0) is 21.0. The topological polar surface area (TPSA) is 72.2 Å². The summed E-state index contributed by atoms with van der Waals surface area (Å²) in [5.74, 6) is -0.166. The molecule has 0 saturated heterocycles. The van der Waals surface area contributed by atoms with Crippen LogP contribution in [0.3, 0.4) is 0 Å². The van der Waals surface area contributed by atoms with Crippen molar-refractivity contribution < 1.29 is 9.72 Å². The van der Waals surface area contributed by atoms with Crippen LogP contribution < -0.4 is 5.32 Å². The van der Waals surface area contributed by atoms with Crippen molar-refractivity contribution in [2.45, 2.75) is 68.1 Å². The molecule has 2 atom stereocenters. The second-order valence-electron chi connectivity index (χ2n) is 8.60. The Morgan fingerprint density at radius 1 is 1.03 bits per heavy atom. The van der Waals surface area contributed by atoms with Gasteiger partial charge < -0.3 is 5.32 Å². The molecular formula is C23H28N2O3S. The number of thioether (sulfide) groups is 1. The molecule has 1 N–H and O–H groups in total. The average Bonchev–Trinajstić information content (AvgIpc) is 2.69. The lowest BCUT2D eigenvalue weighted by Crippen LogP contribution is -2.43. The third-order valence-electron chi connectivity index (χ3n) is 5.37. The largest absolute Gasteiger partial charge is 0.348 e. The summed E-state index contributed by atoms with van der Waals surface area (Å²) in [5, 5.41) is 14.3. The third-order valence-corrected chi connectivity index (χ3v) is 6.78. The average molecular weight is 413 g/mol. The minimum absolute atomic E-state index is 0.00801. The van der Waals surface area contributed by atoms with Crippen LogP contribution in [0.25, 0.3) is 0 Å². The van der Waals surface area contributed by atoms with Crippen LogP contribution in [0.15, 0.2) is 53.4 Å². The summed E-state index contributed by atoms with van der Waals surface area (Å²) >= 11 is 1.83. The Kier molecular flexibility index (Phi) is 6.63. The summed E-state index contributed by atoms with van der Waals surface area (Å²) in [6, 6.07) is 14.6. The number of nitrogens with one attached hydrogen (secondary N) is 1. The van der Waals surface area contributed by atoms with Crippen molar-refractivity contribution in [3.63, 3.8) is 0 Å². The molecule has 1 saturated carbocycles. The van der Waals surface area contributed by atoms with E-state index in [0.29, 0.717) is 10.8 Å². The number of carbonyl (C=O) groups is 1. The van der Waals surface area contributed by atoms with Gasteiger partial charge in [-0.25, -0.2) is 0 Å². The van der Waals surface area contributed by atoms with Gasteiger partial charge in [0.1, 0.15) is 0 Å². The Hall–Kier alpha value is -2.34. The van der Waals surface area contributed by atoms with Crippen molar-refractivity contribution in [1.29, 1.82) is 0 Å². The van der Waals surface area contributed by atoms with Crippen LogP contribution in [-0.4, -0.2) is 22.1 Å². The van der Waals surface area contributed by atoms with E-state index >= 15 is 0 Å². The number of nitrogens with zero attached hydrogens (tertiary/aromatic N) is 1. The van der Waals surface area contributed by atoms with E-state index in [1.54, 1.807) is 0 Å². The van der Waals surface area contributed by atoms with Crippen LogP contribution in [0, 0.1) is 10.1 Å². The molecule has 154 valence electrons. The zero-order valence-electron chi connectivity index (χ0n) is 17.2. The molecule has 1 amide bonds. The van der Waals surface area contributed by atoms with Gasteiger partial charge in [-0.05, 0) is 48.1 Å². The summed E-state index contributed by atoms with van der Waals surface area (Å²) in [6.07, 6.45) is 4.29. The first-order valence-electron chi connectivity index (χ1n) is 10.1. The van der Waals surface area contributed by atoms with Gasteiger partial charge >= 0.3 is 0 Å². The highest BCUT2D eigenvalue weighted by Crippen LogP contribution is 2.35. The Morgan fingerprint density at radius 2 is 1.66 bits per heavy atom. The van der Waals surface area contributed by atoms with Gasteiger partial charge in [0, 0.05) is 33.9 Å². The zero-order valence-corrected chi connectivity index (χ0v) is 18.0. The maximum atomic E-state index is 12.7. The molecule has 3 rings (SSSR count). The minimum Gasteiger partial charge on any atom is -0.348 e. The van der Waals surface area contributed by atoms with E-state index in [0.717, 1.165) is 19.3 Å². The predicted molar refractivity (Wildman–Crippen MR) is 118 cm³/mol. The predicted octanol–water partition coefficient (Wildman–Crippen LogP) is 5.73. The van der Waals surface area contributed by atoms with Gasteiger partial charge in [-0.2, -0.15) is 0 Å². The van der Waals surface area contributed by atoms with Crippen LogP contribution in [0.4, 0.5) is 5.69 Å². The van der Waals surface area contributed by atoms with Crippen molar-refractivity contribution in [1.82, 2.24) is 5.32 Å². The summed E-state index contributed by atoms with van der Waals surface area (Å²) in [4.78, 5) is 24.2. The molecule has 29 heavy (non-hydrogen) atoms. The SMILES string of the molecule is CC(C)(C)c1ccc(SC2CCCCC2NC(=O)c2ccc([N+](=O)[O-])cc2)cc1. The smallest absolute Gasteiger partial charge is 0.269 e. The highest BCUT2D eigenvalue weighted by atomic mass is 32.2. The van der Waals surface area contributed by atoms with Gasteiger partial charge in [-0.3, -0.25) is 14.9 Å². The number of rotatable bonds is 5. The second kappa shape index (κ2) is 8.99. The molecule has 0 heterocycles. The quantitative estimate of drug-likeness (QED) is 0.503. The monoisotopic (exact) mass is 412 g/mol. The lowest BCUT2D eigenvalue weighted by Gasteiger charge is -2.32. The molecule has 0 aliphatic heterocycles. The maximum absolute atomic E-state index is 12.7. The first-order valence-corrected chi connectivity index (χ1v) is 10.9. The lowest BCUT2D eigenvalue weighted by molar-refractivity contribution is -0.384. The molecule has 1 aliphatic rings. The van der Waals surface area contributed by atoms with E-state index in [9.17, 15) is 14.9 Å². The normalized spacial score (nSPS) is 19.6. The van der Waals surface area contributed by atoms with Gasteiger partial charge in [-0.15, -0.1) is 11.8 Å². The van der Waals surface area contributed by atoms with Gasteiger partial charge in [0.25, 0.3) is 11.6 Å². The summed E-state index contributed by atoms with van der Waals surface area (Å²) in [5.41, 5.74) is 1.90. The molecule has 5 nitrogen and oxygen atoms in total. The van der Waals surface area contributed by atoms with Gasteiger partial charge in [-0.1, -0.05) is 45.7 Å². The fourth-order valence-electron chi connectivity index (χ4n) is 3.60. The van der Waals surface area contributed by atoms with Crippen LogP contribution in [0.2, 0.25) is 0 Å². The van der Waals surface area contributed by atoms with Gasteiger partial charge in [0.2, 0.25) is 0 Å². The number of hydrogen-bond acceptors (Lipinski definition) is 4. The van der Waals surface area contributed by atoms with Crippen LogP contribution in [0.1, 0.15) is 62.4 Å². The van der Waals surface area contributed by atoms with Gasteiger partial charge in [0.05, 0.1) is 4.92 Å². The van der Waals surface area contributed by atoms with Crippen LogP contribution in [-0.2, 0) is 5.41 Å². The summed E-state index contributed by atoms with van der Waals surface area (Å²) in [6.45, 7) is 6.63. The molecule has 0 radical (unpaired) electrons. The first kappa shape index (κ1) is 21.4. The molecule has 0 aromatic heterocycles. The van der Waals surface area contributed by atoms with E-state index in [1.807, 2.05) is 11.8 Å². The Balaban J connectivity index is 1.66. The molecule has 2 unspecified atom stereocenters.